The van der Waals surface area contributed by atoms with Crippen LogP contribution in [-0.4, -0.2) is 10.9 Å². The highest BCUT2D eigenvalue weighted by Gasteiger charge is 2.23. The van der Waals surface area contributed by atoms with Crippen LogP contribution in [-0.2, 0) is 0 Å². The van der Waals surface area contributed by atoms with Crippen molar-refractivity contribution in [2.24, 2.45) is 0 Å². The molecule has 0 bridgehead atoms. The number of amides is 1. The first kappa shape index (κ1) is 11.0. The van der Waals surface area contributed by atoms with Crippen LogP contribution in [0.25, 0.3) is 0 Å². The summed E-state index contributed by atoms with van der Waals surface area (Å²) in [6.07, 6.45) is 0. The smallest absolute Gasteiger partial charge is 0.277 e. The van der Waals surface area contributed by atoms with E-state index in [1.807, 2.05) is 26.0 Å². The number of aryl methyl sites for hydroxylation is 2. The summed E-state index contributed by atoms with van der Waals surface area (Å²) in [5.41, 5.74) is 9.92. The molecule has 0 unspecified atom stereocenters. The summed E-state index contributed by atoms with van der Waals surface area (Å²) in [7, 11) is 0. The van der Waals surface area contributed by atoms with E-state index in [-0.39, 0.29) is 5.91 Å². The number of anilines is 4. The molecule has 1 aromatic carbocycles. The third kappa shape index (κ3) is 1.62. The van der Waals surface area contributed by atoms with Crippen molar-refractivity contribution in [1.82, 2.24) is 4.98 Å². The Morgan fingerprint density at radius 1 is 1.17 bits per heavy atom. The van der Waals surface area contributed by atoms with Crippen LogP contribution in [0, 0.1) is 13.8 Å². The van der Waals surface area contributed by atoms with Gasteiger partial charge in [-0.05, 0) is 37.1 Å². The monoisotopic (exact) mass is 260 g/mol. The Morgan fingerprint density at radius 2 is 1.78 bits per heavy atom. The molecule has 2 aromatic rings. The van der Waals surface area contributed by atoms with Crippen LogP contribution >= 0.6 is 11.3 Å². The van der Waals surface area contributed by atoms with Gasteiger partial charge in [0, 0.05) is 0 Å². The first-order valence-electron chi connectivity index (χ1n) is 5.50. The van der Waals surface area contributed by atoms with Gasteiger partial charge in [-0.1, -0.05) is 11.3 Å². The quantitative estimate of drug-likeness (QED) is 0.680. The van der Waals surface area contributed by atoms with E-state index in [1.54, 1.807) is 0 Å². The van der Waals surface area contributed by atoms with Gasteiger partial charge in [0.05, 0.1) is 11.4 Å². The lowest BCUT2D eigenvalue weighted by Gasteiger charge is -2.10. The highest BCUT2D eigenvalue weighted by molar-refractivity contribution is 7.19. The second kappa shape index (κ2) is 3.71. The predicted molar refractivity (Wildman–Crippen MR) is 73.7 cm³/mol. The van der Waals surface area contributed by atoms with Crippen molar-refractivity contribution in [1.29, 1.82) is 0 Å². The van der Waals surface area contributed by atoms with E-state index in [0.29, 0.717) is 15.8 Å². The number of carbonyl (C=O) groups is 1. The first-order chi connectivity index (χ1) is 8.54. The van der Waals surface area contributed by atoms with Crippen molar-refractivity contribution >= 4 is 38.8 Å². The number of hydrogen-bond donors (Lipinski definition) is 3. The molecule has 0 radical (unpaired) electrons. The summed E-state index contributed by atoms with van der Waals surface area (Å²) in [4.78, 5) is 16.1. The molecule has 92 valence electrons. The van der Waals surface area contributed by atoms with E-state index in [0.717, 1.165) is 22.5 Å². The van der Waals surface area contributed by atoms with Gasteiger partial charge in [0.15, 0.2) is 10.8 Å². The largest absolute Gasteiger partial charge is 0.375 e. The minimum Gasteiger partial charge on any atom is -0.375 e. The number of nitrogens with zero attached hydrogens (tertiary/aromatic N) is 1. The van der Waals surface area contributed by atoms with Gasteiger partial charge in [0.1, 0.15) is 5.00 Å². The normalized spacial score (nSPS) is 13.1. The fourth-order valence-electron chi connectivity index (χ4n) is 1.90. The van der Waals surface area contributed by atoms with Crippen LogP contribution in [0.3, 0.4) is 0 Å². The SMILES string of the molecule is Cc1cc2c(cc1C)Nc1sc(N)nc1C(=O)N2. The van der Waals surface area contributed by atoms with Crippen molar-refractivity contribution in [3.05, 3.63) is 29.0 Å². The third-order valence-electron chi connectivity index (χ3n) is 2.99. The number of hydrogen-bond acceptors (Lipinski definition) is 5. The minimum atomic E-state index is -0.229. The Morgan fingerprint density at radius 3 is 2.44 bits per heavy atom. The van der Waals surface area contributed by atoms with Gasteiger partial charge in [0.2, 0.25) is 0 Å². The lowest BCUT2D eigenvalue weighted by molar-refractivity contribution is 0.102. The van der Waals surface area contributed by atoms with Gasteiger partial charge in [-0.3, -0.25) is 4.79 Å². The van der Waals surface area contributed by atoms with Crippen molar-refractivity contribution in [3.63, 3.8) is 0 Å². The molecule has 0 spiro atoms. The molecule has 1 aliphatic heterocycles. The maximum Gasteiger partial charge on any atom is 0.277 e. The molecule has 18 heavy (non-hydrogen) atoms. The van der Waals surface area contributed by atoms with E-state index in [4.69, 9.17) is 5.73 Å². The molecular formula is C12H12N4OS. The summed E-state index contributed by atoms with van der Waals surface area (Å²) >= 11 is 1.28. The molecular weight excluding hydrogens is 248 g/mol. The van der Waals surface area contributed by atoms with Crippen molar-refractivity contribution < 1.29 is 4.79 Å². The average Bonchev–Trinajstić information content (AvgIpc) is 2.61. The molecule has 0 saturated carbocycles. The zero-order valence-electron chi connectivity index (χ0n) is 10.00. The Labute approximate surface area is 108 Å². The van der Waals surface area contributed by atoms with Crippen LogP contribution in [0.5, 0.6) is 0 Å². The number of thiazole rings is 1. The molecule has 1 amide bonds. The molecule has 5 nitrogen and oxygen atoms in total. The molecule has 3 rings (SSSR count). The average molecular weight is 260 g/mol. The van der Waals surface area contributed by atoms with Gasteiger partial charge >= 0.3 is 0 Å². The van der Waals surface area contributed by atoms with Crippen molar-refractivity contribution in [3.8, 4) is 0 Å². The van der Waals surface area contributed by atoms with Gasteiger partial charge in [0.25, 0.3) is 5.91 Å². The molecule has 0 fully saturated rings. The lowest BCUT2D eigenvalue weighted by Crippen LogP contribution is -2.11. The molecule has 6 heteroatoms. The summed E-state index contributed by atoms with van der Waals surface area (Å²) in [5, 5.41) is 7.13. The first-order valence-corrected chi connectivity index (χ1v) is 6.32. The Bertz CT molecular complexity index is 662. The Kier molecular flexibility index (Phi) is 2.27. The number of carbonyl (C=O) groups excluding carboxylic acids is 1. The number of aromatic nitrogens is 1. The van der Waals surface area contributed by atoms with Gasteiger partial charge in [-0.25, -0.2) is 4.98 Å². The summed E-state index contributed by atoms with van der Waals surface area (Å²) < 4.78 is 0. The highest BCUT2D eigenvalue weighted by Crippen LogP contribution is 2.37. The maximum atomic E-state index is 12.0. The van der Waals surface area contributed by atoms with Gasteiger partial charge < -0.3 is 16.4 Å². The van der Waals surface area contributed by atoms with E-state index in [9.17, 15) is 4.79 Å². The fourth-order valence-corrected chi connectivity index (χ4v) is 2.64. The van der Waals surface area contributed by atoms with Crippen molar-refractivity contribution in [2.75, 3.05) is 16.4 Å². The Balaban J connectivity index is 2.17. The van der Waals surface area contributed by atoms with E-state index >= 15 is 0 Å². The van der Waals surface area contributed by atoms with Gasteiger partial charge in [-0.2, -0.15) is 0 Å². The number of rotatable bonds is 0. The lowest BCUT2D eigenvalue weighted by atomic mass is 10.1. The second-order valence-electron chi connectivity index (χ2n) is 4.29. The van der Waals surface area contributed by atoms with Crippen LogP contribution in [0.2, 0.25) is 0 Å². The zero-order chi connectivity index (χ0) is 12.9. The van der Waals surface area contributed by atoms with Crippen LogP contribution in [0.15, 0.2) is 12.1 Å². The van der Waals surface area contributed by atoms with Gasteiger partial charge in [-0.15, -0.1) is 0 Å². The Hall–Kier alpha value is -2.08. The van der Waals surface area contributed by atoms with Crippen LogP contribution in [0.1, 0.15) is 21.6 Å². The van der Waals surface area contributed by atoms with Crippen LogP contribution < -0.4 is 16.4 Å². The molecule has 2 heterocycles. The predicted octanol–water partition coefficient (Wildman–Crippen LogP) is 2.65. The number of benzene rings is 1. The fraction of sp³-hybridized carbons (Fsp3) is 0.167. The number of nitrogen functional groups attached to an aromatic ring is 1. The number of nitrogens with one attached hydrogen (secondary N) is 2. The highest BCUT2D eigenvalue weighted by atomic mass is 32.1. The third-order valence-corrected chi connectivity index (χ3v) is 3.79. The van der Waals surface area contributed by atoms with Crippen LogP contribution in [0.4, 0.5) is 21.5 Å². The molecule has 4 N–H and O–H groups in total. The maximum absolute atomic E-state index is 12.0. The summed E-state index contributed by atoms with van der Waals surface area (Å²) in [6.45, 7) is 4.05. The number of fused-ring (bicyclic) bond motifs is 2. The second-order valence-corrected chi connectivity index (χ2v) is 5.32. The standard InChI is InChI=1S/C12H12N4OS/c1-5-3-7-8(4-6(5)2)15-11-9(10(17)14-7)16-12(13)18-11/h3-4,15H,1-2H3,(H2,13,16)(H,14,17). The molecule has 1 aliphatic rings. The number of nitrogens with two attached hydrogens (primary N) is 1. The summed E-state index contributed by atoms with van der Waals surface area (Å²) in [5.74, 6) is -0.229. The minimum absolute atomic E-state index is 0.229. The van der Waals surface area contributed by atoms with E-state index in [1.165, 1.54) is 11.3 Å². The van der Waals surface area contributed by atoms with E-state index < -0.39 is 0 Å². The van der Waals surface area contributed by atoms with Crippen molar-refractivity contribution in [2.45, 2.75) is 13.8 Å². The zero-order valence-corrected chi connectivity index (χ0v) is 10.8. The summed E-state index contributed by atoms with van der Waals surface area (Å²) in [6, 6.07) is 3.96. The molecule has 1 aromatic heterocycles. The molecule has 0 atom stereocenters. The topological polar surface area (TPSA) is 80.0 Å². The van der Waals surface area contributed by atoms with E-state index in [2.05, 4.69) is 15.6 Å². The molecule has 0 saturated heterocycles. The molecule has 0 aliphatic carbocycles.